The molecule has 0 heterocycles. The molecule has 88 valence electrons. The van der Waals surface area contributed by atoms with E-state index in [0.29, 0.717) is 0 Å². The summed E-state index contributed by atoms with van der Waals surface area (Å²) in [6.07, 6.45) is -4.54. The molecule has 0 bridgehead atoms. The van der Waals surface area contributed by atoms with Crippen LogP contribution in [0, 0.1) is 0 Å². The smallest absolute Gasteiger partial charge is 0.342 e. The van der Waals surface area contributed by atoms with E-state index >= 15 is 0 Å². The maximum absolute atomic E-state index is 12.4. The molecular formula is C9H15F3N2O. The monoisotopic (exact) mass is 224 g/mol. The van der Waals surface area contributed by atoms with E-state index in [1.54, 1.807) is 13.8 Å². The molecule has 0 unspecified atom stereocenters. The molecule has 1 aliphatic rings. The Labute approximate surface area is 86.2 Å². The van der Waals surface area contributed by atoms with Gasteiger partial charge in [0.2, 0.25) is 5.91 Å². The van der Waals surface area contributed by atoms with Gasteiger partial charge in [-0.3, -0.25) is 4.79 Å². The number of hydrogen-bond donors (Lipinski definition) is 2. The topological polar surface area (TPSA) is 55.1 Å². The Hall–Kier alpha value is -0.780. The number of alkyl halides is 3. The number of nitrogens with one attached hydrogen (secondary N) is 1. The van der Waals surface area contributed by atoms with Crippen LogP contribution in [0.4, 0.5) is 13.2 Å². The van der Waals surface area contributed by atoms with Crippen molar-refractivity contribution in [1.29, 1.82) is 0 Å². The third-order valence-corrected chi connectivity index (χ3v) is 2.29. The van der Waals surface area contributed by atoms with Gasteiger partial charge >= 0.3 is 6.18 Å². The third-order valence-electron chi connectivity index (χ3n) is 2.29. The highest BCUT2D eigenvalue weighted by Crippen LogP contribution is 2.48. The number of carbonyl (C=O) groups is 1. The Bertz CT molecular complexity index is 264. The molecule has 0 atom stereocenters. The van der Waals surface area contributed by atoms with E-state index in [0.717, 1.165) is 0 Å². The van der Waals surface area contributed by atoms with Gasteiger partial charge in [-0.25, -0.2) is 0 Å². The zero-order valence-electron chi connectivity index (χ0n) is 8.74. The van der Waals surface area contributed by atoms with Crippen molar-refractivity contribution in [3.8, 4) is 0 Å². The van der Waals surface area contributed by atoms with Crippen LogP contribution in [0.5, 0.6) is 0 Å². The highest BCUT2D eigenvalue weighted by molar-refractivity contribution is 5.78. The molecule has 3 N–H and O–H groups in total. The molecule has 1 rings (SSSR count). The summed E-state index contributed by atoms with van der Waals surface area (Å²) >= 11 is 0. The number of amides is 1. The Morgan fingerprint density at radius 3 is 2.13 bits per heavy atom. The van der Waals surface area contributed by atoms with Gasteiger partial charge < -0.3 is 11.1 Å². The van der Waals surface area contributed by atoms with Gasteiger partial charge in [0.1, 0.15) is 5.54 Å². The molecule has 0 aliphatic heterocycles. The molecule has 1 aliphatic carbocycles. The fraction of sp³-hybridized carbons (Fsp3) is 0.889. The molecule has 1 saturated carbocycles. The Morgan fingerprint density at radius 2 is 1.87 bits per heavy atom. The lowest BCUT2D eigenvalue weighted by molar-refractivity contribution is -0.170. The summed E-state index contributed by atoms with van der Waals surface area (Å²) in [6.45, 7) is 3.19. The van der Waals surface area contributed by atoms with Crippen LogP contribution in [0.15, 0.2) is 0 Å². The van der Waals surface area contributed by atoms with Gasteiger partial charge in [0, 0.05) is 12.0 Å². The first-order valence-electron chi connectivity index (χ1n) is 4.72. The summed E-state index contributed by atoms with van der Waals surface area (Å²) in [5.74, 6) is -0.641. The van der Waals surface area contributed by atoms with Gasteiger partial charge in [-0.1, -0.05) is 0 Å². The number of hydrogen-bond acceptors (Lipinski definition) is 2. The molecule has 6 heteroatoms. The van der Waals surface area contributed by atoms with E-state index in [4.69, 9.17) is 5.73 Å². The van der Waals surface area contributed by atoms with E-state index in [9.17, 15) is 18.0 Å². The second kappa shape index (κ2) is 3.37. The quantitative estimate of drug-likeness (QED) is 0.759. The summed E-state index contributed by atoms with van der Waals surface area (Å²) in [7, 11) is 0. The van der Waals surface area contributed by atoms with Gasteiger partial charge in [-0.2, -0.15) is 13.2 Å². The van der Waals surface area contributed by atoms with Gasteiger partial charge in [-0.15, -0.1) is 0 Å². The van der Waals surface area contributed by atoms with E-state index in [1.807, 2.05) is 5.32 Å². The van der Waals surface area contributed by atoms with Crippen molar-refractivity contribution in [3.05, 3.63) is 0 Å². The average Bonchev–Trinajstić information content (AvgIpc) is 2.61. The van der Waals surface area contributed by atoms with Crippen molar-refractivity contribution < 1.29 is 18.0 Å². The van der Waals surface area contributed by atoms with Crippen molar-refractivity contribution >= 4 is 5.91 Å². The van der Waals surface area contributed by atoms with Crippen molar-refractivity contribution in [1.82, 2.24) is 5.32 Å². The fourth-order valence-electron chi connectivity index (χ4n) is 1.33. The third kappa shape index (κ3) is 3.09. The predicted octanol–water partition coefficient (Wildman–Crippen LogP) is 1.32. The van der Waals surface area contributed by atoms with E-state index in [1.165, 1.54) is 0 Å². The van der Waals surface area contributed by atoms with E-state index < -0.39 is 23.2 Å². The minimum atomic E-state index is -4.36. The molecule has 0 aromatic heterocycles. The summed E-state index contributed by atoms with van der Waals surface area (Å²) in [6, 6.07) is 0. The fourth-order valence-corrected chi connectivity index (χ4v) is 1.33. The molecule has 1 amide bonds. The number of halogens is 3. The van der Waals surface area contributed by atoms with Gasteiger partial charge in [0.25, 0.3) is 0 Å². The van der Waals surface area contributed by atoms with E-state index in [-0.39, 0.29) is 19.3 Å². The van der Waals surface area contributed by atoms with E-state index in [2.05, 4.69) is 0 Å². The lowest BCUT2D eigenvalue weighted by Crippen LogP contribution is -2.50. The lowest BCUT2D eigenvalue weighted by atomic mass is 10.0. The first-order valence-corrected chi connectivity index (χ1v) is 4.72. The van der Waals surface area contributed by atoms with Crippen molar-refractivity contribution in [2.75, 3.05) is 0 Å². The van der Waals surface area contributed by atoms with Crippen LogP contribution in [-0.2, 0) is 4.79 Å². The Kier molecular flexibility index (Phi) is 2.76. The van der Waals surface area contributed by atoms with Crippen LogP contribution in [0.1, 0.15) is 33.1 Å². The predicted molar refractivity (Wildman–Crippen MR) is 49.0 cm³/mol. The highest BCUT2D eigenvalue weighted by Gasteiger charge is 2.64. The average molecular weight is 224 g/mol. The highest BCUT2D eigenvalue weighted by atomic mass is 19.4. The lowest BCUT2D eigenvalue weighted by Gasteiger charge is -2.23. The molecule has 15 heavy (non-hydrogen) atoms. The van der Waals surface area contributed by atoms with Crippen LogP contribution in [0.3, 0.4) is 0 Å². The molecule has 1 fully saturated rings. The summed E-state index contributed by atoms with van der Waals surface area (Å²) in [5.41, 5.74) is 2.78. The number of rotatable bonds is 3. The molecule has 0 saturated heterocycles. The summed E-state index contributed by atoms with van der Waals surface area (Å²) in [5, 5.41) is 2.02. The largest absolute Gasteiger partial charge is 0.411 e. The standard InChI is InChI=1S/C9H15F3N2O/c1-7(2,13)5-6(15)14-8(3-4-8)9(10,11)12/h3-5,13H2,1-2H3,(H,14,15). The van der Waals surface area contributed by atoms with Crippen LogP contribution < -0.4 is 11.1 Å². The zero-order valence-corrected chi connectivity index (χ0v) is 8.74. The minimum absolute atomic E-state index is 0.0345. The van der Waals surface area contributed by atoms with Crippen LogP contribution >= 0.6 is 0 Å². The van der Waals surface area contributed by atoms with Gasteiger partial charge in [0.05, 0.1) is 0 Å². The van der Waals surface area contributed by atoms with Crippen LogP contribution in [-0.4, -0.2) is 23.2 Å². The van der Waals surface area contributed by atoms with Crippen LogP contribution in [0.25, 0.3) is 0 Å². The maximum atomic E-state index is 12.4. The van der Waals surface area contributed by atoms with Crippen LogP contribution in [0.2, 0.25) is 0 Å². The summed E-state index contributed by atoms with van der Waals surface area (Å²) < 4.78 is 37.3. The first-order chi connectivity index (χ1) is 6.56. The zero-order chi connectivity index (χ0) is 11.9. The molecular weight excluding hydrogens is 209 g/mol. The van der Waals surface area contributed by atoms with Gasteiger partial charge in [0.15, 0.2) is 0 Å². The van der Waals surface area contributed by atoms with Crippen molar-refractivity contribution in [2.24, 2.45) is 5.73 Å². The minimum Gasteiger partial charge on any atom is -0.342 e. The molecule has 0 spiro atoms. The Morgan fingerprint density at radius 1 is 1.40 bits per heavy atom. The molecule has 0 aromatic rings. The normalized spacial score (nSPS) is 19.9. The Balaban J connectivity index is 2.53. The second-order valence-corrected chi connectivity index (χ2v) is 4.79. The van der Waals surface area contributed by atoms with Crippen molar-refractivity contribution in [3.63, 3.8) is 0 Å². The van der Waals surface area contributed by atoms with Gasteiger partial charge in [-0.05, 0) is 26.7 Å². The van der Waals surface area contributed by atoms with Crippen molar-refractivity contribution in [2.45, 2.75) is 50.4 Å². The number of carbonyl (C=O) groups excluding carboxylic acids is 1. The molecule has 0 radical (unpaired) electrons. The molecule has 3 nitrogen and oxygen atoms in total. The SMILES string of the molecule is CC(C)(N)CC(=O)NC1(C(F)(F)F)CC1. The molecule has 0 aromatic carbocycles. The maximum Gasteiger partial charge on any atom is 0.411 e. The summed E-state index contributed by atoms with van der Waals surface area (Å²) in [4.78, 5) is 11.3. The first kappa shape index (κ1) is 12.3. The number of nitrogens with two attached hydrogens (primary N) is 1. The second-order valence-electron chi connectivity index (χ2n) is 4.79.